The number of carbonyl (C=O) groups is 2. The van der Waals surface area contributed by atoms with Crippen LogP contribution in [0.1, 0.15) is 47.7 Å². The third-order valence-corrected chi connectivity index (χ3v) is 6.67. The van der Waals surface area contributed by atoms with Gasteiger partial charge in [0.2, 0.25) is 5.60 Å². The third-order valence-electron chi connectivity index (χ3n) is 6.67. The lowest BCUT2D eigenvalue weighted by atomic mass is 9.89. The smallest absolute Gasteiger partial charge is 0.266 e. The summed E-state index contributed by atoms with van der Waals surface area (Å²) in [6.45, 7) is 2.99. The number of halogens is 1. The first-order valence-corrected chi connectivity index (χ1v) is 11.5. The number of likely N-dealkylation sites (N-methyl/N-ethyl adjacent to an activating group) is 1. The van der Waals surface area contributed by atoms with Crippen molar-refractivity contribution < 1.29 is 23.6 Å². The zero-order valence-electron chi connectivity index (χ0n) is 19.8. The number of piperidine rings is 1. The molecule has 2 aliphatic heterocycles. The predicted molar refractivity (Wildman–Crippen MR) is 126 cm³/mol. The van der Waals surface area contributed by atoms with Gasteiger partial charge in [0.25, 0.3) is 11.8 Å². The topological polar surface area (TPSA) is 80.2 Å². The summed E-state index contributed by atoms with van der Waals surface area (Å²) in [6, 6.07) is 12.0. The zero-order chi connectivity index (χ0) is 24.3. The van der Waals surface area contributed by atoms with Crippen LogP contribution >= 0.6 is 0 Å². The Labute approximate surface area is 198 Å². The van der Waals surface area contributed by atoms with Crippen molar-refractivity contribution >= 4 is 17.5 Å². The van der Waals surface area contributed by atoms with E-state index in [1.807, 2.05) is 23.1 Å². The molecule has 4 rings (SSSR count). The molecule has 2 amide bonds. The van der Waals surface area contributed by atoms with Crippen LogP contribution in [0.4, 0.5) is 4.39 Å². The fraction of sp³-hybridized carbons (Fsp3) is 0.423. The van der Waals surface area contributed by atoms with Gasteiger partial charge in [-0.25, -0.2) is 4.39 Å². The highest BCUT2D eigenvalue weighted by Crippen LogP contribution is 2.30. The van der Waals surface area contributed by atoms with Gasteiger partial charge in [-0.1, -0.05) is 17.3 Å². The van der Waals surface area contributed by atoms with Crippen LogP contribution < -0.4 is 10.1 Å². The van der Waals surface area contributed by atoms with E-state index in [1.165, 1.54) is 12.1 Å². The Bertz CT molecular complexity index is 1090. The molecule has 0 saturated carbocycles. The average molecular weight is 468 g/mol. The summed E-state index contributed by atoms with van der Waals surface area (Å²) in [6.07, 6.45) is 2.96. The second-order valence-corrected chi connectivity index (χ2v) is 9.10. The van der Waals surface area contributed by atoms with Gasteiger partial charge >= 0.3 is 0 Å². The molecule has 2 aromatic rings. The van der Waals surface area contributed by atoms with Gasteiger partial charge < -0.3 is 19.8 Å². The molecule has 8 heteroatoms. The van der Waals surface area contributed by atoms with Gasteiger partial charge in [0.05, 0.1) is 18.4 Å². The second-order valence-electron chi connectivity index (χ2n) is 9.10. The number of carbonyl (C=O) groups excluding carboxylic acids is 2. The van der Waals surface area contributed by atoms with Gasteiger partial charge in [0, 0.05) is 32.1 Å². The number of likely N-dealkylation sites (tertiary alicyclic amines) is 1. The van der Waals surface area contributed by atoms with Crippen molar-refractivity contribution in [1.29, 1.82) is 0 Å². The highest BCUT2D eigenvalue weighted by Gasteiger charge is 2.41. The molecule has 0 aromatic heterocycles. The summed E-state index contributed by atoms with van der Waals surface area (Å²) in [5.74, 6) is 0.381. The number of rotatable bonds is 6. The third kappa shape index (κ3) is 4.90. The van der Waals surface area contributed by atoms with Gasteiger partial charge in [-0.15, -0.1) is 0 Å². The summed E-state index contributed by atoms with van der Waals surface area (Å²) in [5.41, 5.74) is 1.85. The van der Waals surface area contributed by atoms with E-state index in [0.29, 0.717) is 42.5 Å². The molecule has 2 aliphatic rings. The predicted octanol–water partition coefficient (Wildman–Crippen LogP) is 3.56. The van der Waals surface area contributed by atoms with Crippen LogP contribution in [0.5, 0.6) is 5.75 Å². The Morgan fingerprint density at radius 1 is 1.21 bits per heavy atom. The Morgan fingerprint density at radius 2 is 1.91 bits per heavy atom. The molecule has 0 aliphatic carbocycles. The second kappa shape index (κ2) is 9.83. The number of methoxy groups -OCH3 is 1. The molecule has 0 radical (unpaired) electrons. The Hall–Kier alpha value is -3.42. The summed E-state index contributed by atoms with van der Waals surface area (Å²) in [5, 5.41) is 6.72. The molecule has 1 atom stereocenters. The molecule has 1 saturated heterocycles. The monoisotopic (exact) mass is 467 g/mol. The van der Waals surface area contributed by atoms with Gasteiger partial charge in [0.1, 0.15) is 11.6 Å². The quantitative estimate of drug-likeness (QED) is 0.705. The molecule has 1 fully saturated rings. The van der Waals surface area contributed by atoms with E-state index < -0.39 is 5.60 Å². The van der Waals surface area contributed by atoms with Gasteiger partial charge in [-0.05, 0) is 68.0 Å². The molecule has 2 aromatic carbocycles. The normalized spacial score (nSPS) is 20.5. The molecule has 0 bridgehead atoms. The Morgan fingerprint density at radius 3 is 2.56 bits per heavy atom. The SMILES string of the molecule is CNC(=O)C1(C)CC(c2ccc(OC)c(C(=O)N3CCC(Cc4ccc(F)cc4)CC3)c2)=NO1. The van der Waals surface area contributed by atoms with E-state index in [0.717, 1.165) is 30.4 Å². The molecule has 34 heavy (non-hydrogen) atoms. The molecular weight excluding hydrogens is 437 g/mol. The molecule has 0 spiro atoms. The maximum Gasteiger partial charge on any atom is 0.266 e. The average Bonchev–Trinajstić information content (AvgIpc) is 3.28. The van der Waals surface area contributed by atoms with Gasteiger partial charge in [0.15, 0.2) is 0 Å². The van der Waals surface area contributed by atoms with Crippen LogP contribution in [-0.2, 0) is 16.1 Å². The molecular formula is C26H30FN3O4. The Balaban J connectivity index is 1.44. The maximum absolute atomic E-state index is 13.4. The first-order valence-electron chi connectivity index (χ1n) is 11.5. The number of hydrogen-bond acceptors (Lipinski definition) is 5. The first kappa shape index (κ1) is 23.7. The van der Waals surface area contributed by atoms with Crippen LogP contribution in [0.3, 0.4) is 0 Å². The Kier molecular flexibility index (Phi) is 6.86. The van der Waals surface area contributed by atoms with E-state index >= 15 is 0 Å². The van der Waals surface area contributed by atoms with E-state index in [1.54, 1.807) is 33.2 Å². The number of amides is 2. The lowest BCUT2D eigenvalue weighted by Crippen LogP contribution is -2.43. The van der Waals surface area contributed by atoms with E-state index in [-0.39, 0.29) is 17.6 Å². The number of oxime groups is 1. The minimum absolute atomic E-state index is 0.0903. The van der Waals surface area contributed by atoms with Crippen LogP contribution in [0.15, 0.2) is 47.6 Å². The number of nitrogens with zero attached hydrogens (tertiary/aromatic N) is 2. The van der Waals surface area contributed by atoms with Crippen molar-refractivity contribution in [2.75, 3.05) is 27.2 Å². The summed E-state index contributed by atoms with van der Waals surface area (Å²) >= 11 is 0. The van der Waals surface area contributed by atoms with Crippen molar-refractivity contribution in [3.05, 3.63) is 65.0 Å². The van der Waals surface area contributed by atoms with Gasteiger partial charge in [-0.2, -0.15) is 0 Å². The number of ether oxygens (including phenoxy) is 1. The number of nitrogens with one attached hydrogen (secondary N) is 1. The molecule has 1 unspecified atom stereocenters. The zero-order valence-corrected chi connectivity index (χ0v) is 19.8. The van der Waals surface area contributed by atoms with Crippen molar-refractivity contribution in [2.24, 2.45) is 11.1 Å². The van der Waals surface area contributed by atoms with Crippen LogP contribution in [-0.4, -0.2) is 55.3 Å². The van der Waals surface area contributed by atoms with E-state index in [9.17, 15) is 14.0 Å². The lowest BCUT2D eigenvalue weighted by Gasteiger charge is -2.32. The highest BCUT2D eigenvalue weighted by molar-refractivity contribution is 6.07. The molecule has 2 heterocycles. The molecule has 1 N–H and O–H groups in total. The largest absolute Gasteiger partial charge is 0.496 e. The first-order chi connectivity index (χ1) is 16.3. The molecule has 180 valence electrons. The minimum atomic E-state index is -1.07. The van der Waals surface area contributed by atoms with Crippen LogP contribution in [0.25, 0.3) is 0 Å². The highest BCUT2D eigenvalue weighted by atomic mass is 19.1. The van der Waals surface area contributed by atoms with Crippen LogP contribution in [0, 0.1) is 11.7 Å². The van der Waals surface area contributed by atoms with Crippen molar-refractivity contribution in [2.45, 2.75) is 38.2 Å². The fourth-order valence-electron chi connectivity index (χ4n) is 4.60. The van der Waals surface area contributed by atoms with E-state index in [4.69, 9.17) is 9.57 Å². The lowest BCUT2D eigenvalue weighted by molar-refractivity contribution is -0.141. The maximum atomic E-state index is 13.4. The summed E-state index contributed by atoms with van der Waals surface area (Å²) in [4.78, 5) is 32.8. The number of hydrogen-bond donors (Lipinski definition) is 1. The van der Waals surface area contributed by atoms with Crippen molar-refractivity contribution in [3.8, 4) is 5.75 Å². The summed E-state index contributed by atoms with van der Waals surface area (Å²) < 4.78 is 18.6. The van der Waals surface area contributed by atoms with Crippen molar-refractivity contribution in [3.63, 3.8) is 0 Å². The van der Waals surface area contributed by atoms with Crippen LogP contribution in [0.2, 0.25) is 0 Å². The van der Waals surface area contributed by atoms with Crippen molar-refractivity contribution in [1.82, 2.24) is 10.2 Å². The fourth-order valence-corrected chi connectivity index (χ4v) is 4.60. The number of benzene rings is 2. The standard InChI is InChI=1S/C26H30FN3O4/c1-26(25(32)28-2)16-22(29-34-26)19-6-9-23(33-3)21(15-19)24(31)30-12-10-18(11-13-30)14-17-4-7-20(27)8-5-17/h4-9,15,18H,10-14,16H2,1-3H3,(H,28,32). The summed E-state index contributed by atoms with van der Waals surface area (Å²) in [7, 11) is 3.10. The molecule has 7 nitrogen and oxygen atoms in total. The van der Waals surface area contributed by atoms with Gasteiger partial charge in [-0.3, -0.25) is 9.59 Å². The minimum Gasteiger partial charge on any atom is -0.496 e. The van der Waals surface area contributed by atoms with E-state index in [2.05, 4.69) is 10.5 Å².